The maximum atomic E-state index is 11.6. The molecule has 5 heteroatoms. The molecule has 1 atom stereocenters. The van der Waals surface area contributed by atoms with E-state index >= 15 is 0 Å². The van der Waals surface area contributed by atoms with Crippen LogP contribution in [0.5, 0.6) is 0 Å². The molecule has 0 spiro atoms. The van der Waals surface area contributed by atoms with Crippen molar-refractivity contribution in [3.63, 3.8) is 0 Å². The Morgan fingerprint density at radius 3 is 3.05 bits per heavy atom. The van der Waals surface area contributed by atoms with Crippen LogP contribution in [0.3, 0.4) is 0 Å². The fourth-order valence-corrected chi connectivity index (χ4v) is 2.82. The molecule has 0 amide bonds. The van der Waals surface area contributed by atoms with Crippen LogP contribution in [-0.4, -0.2) is 48.6 Å². The first-order valence-electron chi connectivity index (χ1n) is 7.73. The van der Waals surface area contributed by atoms with Gasteiger partial charge in [-0.05, 0) is 44.5 Å². The van der Waals surface area contributed by atoms with Gasteiger partial charge in [-0.2, -0.15) is 0 Å². The minimum Gasteiger partial charge on any atom is -0.464 e. The molecular weight excluding hydrogens is 266 g/mol. The van der Waals surface area contributed by atoms with Gasteiger partial charge in [-0.1, -0.05) is 13.0 Å². The van der Waals surface area contributed by atoms with E-state index in [9.17, 15) is 4.79 Å². The standard InChI is InChI=1S/C16H25N3O2/c1-3-10-19(14-7-5-9-17-11-14)12-13-6-4-8-15(18-13)16(20)21-2/h4,6,8,14,17H,3,5,7,9-12H2,1-2H3. The van der Waals surface area contributed by atoms with Gasteiger partial charge < -0.3 is 10.1 Å². The first-order chi connectivity index (χ1) is 10.2. The normalized spacial score (nSPS) is 18.7. The van der Waals surface area contributed by atoms with Gasteiger partial charge >= 0.3 is 5.97 Å². The van der Waals surface area contributed by atoms with E-state index in [-0.39, 0.29) is 5.97 Å². The number of pyridine rings is 1. The molecule has 2 heterocycles. The molecule has 0 aromatic carbocycles. The summed E-state index contributed by atoms with van der Waals surface area (Å²) < 4.78 is 4.74. The summed E-state index contributed by atoms with van der Waals surface area (Å²) in [5.41, 5.74) is 1.31. The highest BCUT2D eigenvalue weighted by atomic mass is 16.5. The largest absolute Gasteiger partial charge is 0.464 e. The van der Waals surface area contributed by atoms with Gasteiger partial charge in [-0.3, -0.25) is 4.90 Å². The third kappa shape index (κ3) is 4.51. The van der Waals surface area contributed by atoms with Crippen LogP contribution < -0.4 is 5.32 Å². The van der Waals surface area contributed by atoms with Gasteiger partial charge in [0.1, 0.15) is 5.69 Å². The van der Waals surface area contributed by atoms with E-state index in [1.54, 1.807) is 6.07 Å². The SMILES string of the molecule is CCCN(Cc1cccc(C(=O)OC)n1)C1CCCNC1. The molecule has 1 aliphatic heterocycles. The Kier molecular flexibility index (Phi) is 6.14. The lowest BCUT2D eigenvalue weighted by Crippen LogP contribution is -2.46. The van der Waals surface area contributed by atoms with Crippen molar-refractivity contribution < 1.29 is 9.53 Å². The van der Waals surface area contributed by atoms with Crippen molar-refractivity contribution in [3.05, 3.63) is 29.6 Å². The average Bonchev–Trinajstić information content (AvgIpc) is 2.55. The van der Waals surface area contributed by atoms with Crippen LogP contribution in [-0.2, 0) is 11.3 Å². The van der Waals surface area contributed by atoms with Gasteiger partial charge in [0.15, 0.2) is 0 Å². The number of methoxy groups -OCH3 is 1. The summed E-state index contributed by atoms with van der Waals surface area (Å²) in [7, 11) is 1.38. The van der Waals surface area contributed by atoms with Crippen LogP contribution in [0.1, 0.15) is 42.4 Å². The van der Waals surface area contributed by atoms with Crippen molar-refractivity contribution in [2.75, 3.05) is 26.7 Å². The van der Waals surface area contributed by atoms with Crippen LogP contribution in [0, 0.1) is 0 Å². The summed E-state index contributed by atoms with van der Waals surface area (Å²) in [5.74, 6) is -0.377. The van der Waals surface area contributed by atoms with Gasteiger partial charge in [-0.25, -0.2) is 9.78 Å². The molecule has 1 aliphatic rings. The second-order valence-corrected chi connectivity index (χ2v) is 5.48. The Hall–Kier alpha value is -1.46. The number of hydrogen-bond donors (Lipinski definition) is 1. The summed E-state index contributed by atoms with van der Waals surface area (Å²) in [4.78, 5) is 18.5. The zero-order chi connectivity index (χ0) is 15.1. The fourth-order valence-electron chi connectivity index (χ4n) is 2.82. The number of carbonyl (C=O) groups is 1. The number of nitrogens with zero attached hydrogens (tertiary/aromatic N) is 2. The van der Waals surface area contributed by atoms with Crippen LogP contribution in [0.2, 0.25) is 0 Å². The van der Waals surface area contributed by atoms with Crippen LogP contribution >= 0.6 is 0 Å². The minimum atomic E-state index is -0.377. The van der Waals surface area contributed by atoms with E-state index in [0.717, 1.165) is 38.3 Å². The summed E-state index contributed by atoms with van der Waals surface area (Å²) in [6, 6.07) is 6.10. The second-order valence-electron chi connectivity index (χ2n) is 5.48. The number of hydrogen-bond acceptors (Lipinski definition) is 5. The fraction of sp³-hybridized carbons (Fsp3) is 0.625. The molecule has 21 heavy (non-hydrogen) atoms. The number of piperidine rings is 1. The molecule has 0 saturated carbocycles. The number of ether oxygens (including phenoxy) is 1. The number of nitrogens with one attached hydrogen (secondary N) is 1. The number of rotatable bonds is 6. The van der Waals surface area contributed by atoms with Crippen LogP contribution in [0.25, 0.3) is 0 Å². The monoisotopic (exact) mass is 291 g/mol. The van der Waals surface area contributed by atoms with E-state index in [1.165, 1.54) is 20.0 Å². The van der Waals surface area contributed by atoms with E-state index in [2.05, 4.69) is 22.1 Å². The van der Waals surface area contributed by atoms with Gasteiger partial charge in [0.05, 0.1) is 12.8 Å². The van der Waals surface area contributed by atoms with Crippen molar-refractivity contribution in [2.24, 2.45) is 0 Å². The molecule has 1 saturated heterocycles. The van der Waals surface area contributed by atoms with Crippen molar-refractivity contribution in [2.45, 2.75) is 38.8 Å². The number of carbonyl (C=O) groups excluding carboxylic acids is 1. The summed E-state index contributed by atoms with van der Waals surface area (Å²) in [6.45, 7) is 6.19. The van der Waals surface area contributed by atoms with Crippen LogP contribution in [0.15, 0.2) is 18.2 Å². The minimum absolute atomic E-state index is 0.377. The number of esters is 1. The third-order valence-corrected chi connectivity index (χ3v) is 3.86. The second kappa shape index (κ2) is 8.10. The molecule has 1 unspecified atom stereocenters. The topological polar surface area (TPSA) is 54.5 Å². The molecule has 0 aliphatic carbocycles. The number of aromatic nitrogens is 1. The quantitative estimate of drug-likeness (QED) is 0.810. The van der Waals surface area contributed by atoms with Gasteiger partial charge in [0, 0.05) is 19.1 Å². The summed E-state index contributed by atoms with van der Waals surface area (Å²) in [6.07, 6.45) is 3.57. The third-order valence-electron chi connectivity index (χ3n) is 3.86. The van der Waals surface area contributed by atoms with Gasteiger partial charge in [0.2, 0.25) is 0 Å². The molecule has 116 valence electrons. The molecular formula is C16H25N3O2. The highest BCUT2D eigenvalue weighted by Crippen LogP contribution is 2.14. The Balaban J connectivity index is 2.07. The van der Waals surface area contributed by atoms with Crippen molar-refractivity contribution >= 4 is 5.97 Å². The molecule has 1 N–H and O–H groups in total. The van der Waals surface area contributed by atoms with E-state index in [0.29, 0.717) is 11.7 Å². The molecule has 0 radical (unpaired) electrons. The highest BCUT2D eigenvalue weighted by molar-refractivity contribution is 5.87. The smallest absolute Gasteiger partial charge is 0.356 e. The van der Waals surface area contributed by atoms with Gasteiger partial charge in [-0.15, -0.1) is 0 Å². The molecule has 1 fully saturated rings. The maximum Gasteiger partial charge on any atom is 0.356 e. The summed E-state index contributed by atoms with van der Waals surface area (Å²) >= 11 is 0. The molecule has 2 rings (SSSR count). The zero-order valence-electron chi connectivity index (χ0n) is 13.0. The lowest BCUT2D eigenvalue weighted by molar-refractivity contribution is 0.0593. The maximum absolute atomic E-state index is 11.6. The Morgan fingerprint density at radius 1 is 1.52 bits per heavy atom. The predicted molar refractivity (Wildman–Crippen MR) is 82.2 cm³/mol. The molecule has 5 nitrogen and oxygen atoms in total. The van der Waals surface area contributed by atoms with Crippen molar-refractivity contribution in [3.8, 4) is 0 Å². The lowest BCUT2D eigenvalue weighted by atomic mass is 10.1. The Morgan fingerprint density at radius 2 is 2.38 bits per heavy atom. The predicted octanol–water partition coefficient (Wildman–Crippen LogP) is 1.83. The van der Waals surface area contributed by atoms with Gasteiger partial charge in [0.25, 0.3) is 0 Å². The first kappa shape index (κ1) is 15.9. The van der Waals surface area contributed by atoms with Crippen molar-refractivity contribution in [1.82, 2.24) is 15.2 Å². The average molecular weight is 291 g/mol. The Bertz CT molecular complexity index is 459. The molecule has 1 aromatic heterocycles. The Labute approximate surface area is 126 Å². The van der Waals surface area contributed by atoms with Crippen LogP contribution in [0.4, 0.5) is 0 Å². The van der Waals surface area contributed by atoms with Crippen molar-refractivity contribution in [1.29, 1.82) is 0 Å². The summed E-state index contributed by atoms with van der Waals surface area (Å²) in [5, 5.41) is 3.46. The molecule has 1 aromatic rings. The van der Waals surface area contributed by atoms with E-state index in [1.807, 2.05) is 12.1 Å². The highest BCUT2D eigenvalue weighted by Gasteiger charge is 2.21. The first-order valence-corrected chi connectivity index (χ1v) is 7.73. The lowest BCUT2D eigenvalue weighted by Gasteiger charge is -2.34. The molecule has 0 bridgehead atoms. The zero-order valence-corrected chi connectivity index (χ0v) is 13.0. The van der Waals surface area contributed by atoms with E-state index < -0.39 is 0 Å². The van der Waals surface area contributed by atoms with E-state index in [4.69, 9.17) is 4.74 Å².